The van der Waals surface area contributed by atoms with E-state index in [-0.39, 0.29) is 11.3 Å². The van der Waals surface area contributed by atoms with Crippen molar-refractivity contribution in [2.45, 2.75) is 6.42 Å². The lowest BCUT2D eigenvalue weighted by Gasteiger charge is -2.27. The van der Waals surface area contributed by atoms with Gasteiger partial charge in [0, 0.05) is 44.1 Å². The third-order valence-electron chi connectivity index (χ3n) is 4.23. The highest BCUT2D eigenvalue weighted by atomic mass is 79.9. The maximum absolute atomic E-state index is 12.7. The average molecular weight is 409 g/mol. The smallest absolute Gasteiger partial charge is 0.253 e. The van der Waals surface area contributed by atoms with Crippen molar-refractivity contribution in [3.63, 3.8) is 0 Å². The van der Waals surface area contributed by atoms with E-state index in [1.807, 2.05) is 11.0 Å². The summed E-state index contributed by atoms with van der Waals surface area (Å²) in [7, 11) is 3.39. The second-order valence-corrected chi connectivity index (χ2v) is 6.99. The summed E-state index contributed by atoms with van der Waals surface area (Å²) in [6.45, 7) is 2.62. The van der Waals surface area contributed by atoms with Crippen LogP contribution in [0.3, 0.4) is 0 Å². The SMILES string of the molecule is CN(C)C(=O)c1cc(CCBr)c2oc(N3CCOCC3)cc(=O)c2c1. The van der Waals surface area contributed by atoms with Crippen molar-refractivity contribution in [1.29, 1.82) is 0 Å². The second kappa shape index (κ2) is 7.58. The number of hydrogen-bond donors (Lipinski definition) is 0. The van der Waals surface area contributed by atoms with Crippen molar-refractivity contribution >= 4 is 38.7 Å². The van der Waals surface area contributed by atoms with Crippen LogP contribution in [0.4, 0.5) is 5.88 Å². The van der Waals surface area contributed by atoms with Gasteiger partial charge in [-0.2, -0.15) is 0 Å². The van der Waals surface area contributed by atoms with Gasteiger partial charge < -0.3 is 19.0 Å². The minimum atomic E-state index is -0.132. The van der Waals surface area contributed by atoms with Gasteiger partial charge in [0.25, 0.3) is 5.91 Å². The molecule has 0 unspecified atom stereocenters. The van der Waals surface area contributed by atoms with Crippen LogP contribution in [0.15, 0.2) is 27.4 Å². The molecule has 25 heavy (non-hydrogen) atoms. The minimum Gasteiger partial charge on any atom is -0.440 e. The van der Waals surface area contributed by atoms with Gasteiger partial charge in [-0.3, -0.25) is 9.59 Å². The van der Waals surface area contributed by atoms with Crippen molar-refractivity contribution in [3.8, 4) is 0 Å². The number of alkyl halides is 1. The standard InChI is InChI=1S/C18H21BrN2O4/c1-20(2)18(23)13-9-12(3-4-19)17-14(10-13)15(22)11-16(25-17)21-5-7-24-8-6-21/h9-11H,3-8H2,1-2H3. The number of benzene rings is 1. The first-order valence-electron chi connectivity index (χ1n) is 8.22. The second-order valence-electron chi connectivity index (χ2n) is 6.20. The molecule has 0 saturated carbocycles. The summed E-state index contributed by atoms with van der Waals surface area (Å²) < 4.78 is 11.4. The number of carbonyl (C=O) groups excluding carboxylic acids is 1. The van der Waals surface area contributed by atoms with Crippen LogP contribution in [0, 0.1) is 0 Å². The Kier molecular flexibility index (Phi) is 5.44. The molecule has 7 heteroatoms. The Bertz CT molecular complexity index is 841. The third-order valence-corrected chi connectivity index (χ3v) is 4.63. The molecule has 1 amide bonds. The van der Waals surface area contributed by atoms with E-state index in [9.17, 15) is 9.59 Å². The molecule has 0 atom stereocenters. The van der Waals surface area contributed by atoms with Crippen LogP contribution in [0.25, 0.3) is 11.0 Å². The maximum atomic E-state index is 12.7. The Labute approximate surface area is 154 Å². The van der Waals surface area contributed by atoms with Crippen molar-refractivity contribution in [2.75, 3.05) is 50.6 Å². The van der Waals surface area contributed by atoms with Crippen molar-refractivity contribution in [1.82, 2.24) is 4.90 Å². The molecule has 1 aliphatic rings. The summed E-state index contributed by atoms with van der Waals surface area (Å²) in [5.74, 6) is 0.428. The van der Waals surface area contributed by atoms with Gasteiger partial charge in [0.15, 0.2) is 11.3 Å². The van der Waals surface area contributed by atoms with Gasteiger partial charge >= 0.3 is 0 Å². The largest absolute Gasteiger partial charge is 0.440 e. The van der Waals surface area contributed by atoms with E-state index in [0.717, 1.165) is 5.56 Å². The van der Waals surface area contributed by atoms with Gasteiger partial charge in [0.2, 0.25) is 0 Å². The number of nitrogens with zero attached hydrogens (tertiary/aromatic N) is 2. The molecule has 0 spiro atoms. The summed E-state index contributed by atoms with van der Waals surface area (Å²) in [4.78, 5) is 28.5. The molecule has 1 fully saturated rings. The van der Waals surface area contributed by atoms with Crippen molar-refractivity contribution in [2.24, 2.45) is 0 Å². The van der Waals surface area contributed by atoms with Gasteiger partial charge in [-0.15, -0.1) is 0 Å². The molecule has 0 bridgehead atoms. The number of fused-ring (bicyclic) bond motifs is 1. The number of aryl methyl sites for hydroxylation is 1. The van der Waals surface area contributed by atoms with Crippen LogP contribution in [0.5, 0.6) is 0 Å². The molecule has 2 heterocycles. The summed E-state index contributed by atoms with van der Waals surface area (Å²) in [6, 6.07) is 4.96. The highest BCUT2D eigenvalue weighted by Crippen LogP contribution is 2.26. The van der Waals surface area contributed by atoms with Crippen LogP contribution >= 0.6 is 15.9 Å². The minimum absolute atomic E-state index is 0.130. The molecule has 1 saturated heterocycles. The molecule has 0 N–H and O–H groups in total. The number of anilines is 1. The van der Waals surface area contributed by atoms with E-state index in [0.29, 0.717) is 60.5 Å². The molecule has 6 nitrogen and oxygen atoms in total. The summed E-state index contributed by atoms with van der Waals surface area (Å²) in [5, 5.41) is 1.16. The first-order chi connectivity index (χ1) is 12.0. The van der Waals surface area contributed by atoms with Gasteiger partial charge in [-0.1, -0.05) is 15.9 Å². The number of rotatable bonds is 4. The molecule has 2 aromatic rings. The van der Waals surface area contributed by atoms with Gasteiger partial charge in [0.1, 0.15) is 5.58 Å². The first kappa shape index (κ1) is 17.9. The normalized spacial score (nSPS) is 14.8. The van der Waals surface area contributed by atoms with Gasteiger partial charge in [-0.25, -0.2) is 0 Å². The quantitative estimate of drug-likeness (QED) is 0.726. The zero-order valence-electron chi connectivity index (χ0n) is 14.4. The molecular formula is C18H21BrN2O4. The number of halogens is 1. The van der Waals surface area contributed by atoms with Crippen LogP contribution in [0.1, 0.15) is 15.9 Å². The fourth-order valence-corrected chi connectivity index (χ4v) is 3.35. The Morgan fingerprint density at radius 2 is 1.96 bits per heavy atom. The highest BCUT2D eigenvalue weighted by molar-refractivity contribution is 9.09. The van der Waals surface area contributed by atoms with Crippen LogP contribution < -0.4 is 10.3 Å². The average Bonchev–Trinajstić information content (AvgIpc) is 2.62. The Morgan fingerprint density at radius 1 is 1.24 bits per heavy atom. The summed E-state index contributed by atoms with van der Waals surface area (Å²) >= 11 is 3.43. The summed E-state index contributed by atoms with van der Waals surface area (Å²) in [6.07, 6.45) is 0.667. The van der Waals surface area contributed by atoms with Gasteiger partial charge in [0.05, 0.1) is 18.6 Å². The first-order valence-corrected chi connectivity index (χ1v) is 9.34. The van der Waals surface area contributed by atoms with Crippen LogP contribution in [0.2, 0.25) is 0 Å². The molecule has 3 rings (SSSR count). The lowest BCUT2D eigenvalue weighted by atomic mass is 10.0. The lowest BCUT2D eigenvalue weighted by molar-refractivity contribution is 0.0827. The fraction of sp³-hybridized carbons (Fsp3) is 0.444. The molecule has 134 valence electrons. The zero-order chi connectivity index (χ0) is 18.0. The van der Waals surface area contributed by atoms with E-state index >= 15 is 0 Å². The molecule has 1 aromatic heterocycles. The monoisotopic (exact) mass is 408 g/mol. The number of morpholine rings is 1. The predicted molar refractivity (Wildman–Crippen MR) is 101 cm³/mol. The molecule has 1 aliphatic heterocycles. The van der Waals surface area contributed by atoms with Crippen LogP contribution in [-0.4, -0.2) is 56.5 Å². The van der Waals surface area contributed by atoms with Crippen molar-refractivity contribution < 1.29 is 13.9 Å². The highest BCUT2D eigenvalue weighted by Gasteiger charge is 2.19. The Morgan fingerprint density at radius 3 is 2.60 bits per heavy atom. The van der Waals surface area contributed by atoms with Crippen LogP contribution in [-0.2, 0) is 11.2 Å². The maximum Gasteiger partial charge on any atom is 0.253 e. The Balaban J connectivity index is 2.15. The van der Waals surface area contributed by atoms with Crippen molar-refractivity contribution in [3.05, 3.63) is 39.5 Å². The lowest BCUT2D eigenvalue weighted by Crippen LogP contribution is -2.36. The Hall–Kier alpha value is -1.86. The summed E-state index contributed by atoms with van der Waals surface area (Å²) in [5.41, 5.74) is 1.78. The van der Waals surface area contributed by atoms with E-state index in [1.165, 1.54) is 11.0 Å². The van der Waals surface area contributed by atoms with Gasteiger partial charge in [-0.05, 0) is 24.1 Å². The molecule has 0 radical (unpaired) electrons. The van der Waals surface area contributed by atoms with E-state index in [1.54, 1.807) is 20.2 Å². The zero-order valence-corrected chi connectivity index (χ0v) is 16.0. The molecule has 1 aromatic carbocycles. The topological polar surface area (TPSA) is 63.0 Å². The number of amides is 1. The van der Waals surface area contributed by atoms with E-state index in [4.69, 9.17) is 9.15 Å². The van der Waals surface area contributed by atoms with E-state index in [2.05, 4.69) is 15.9 Å². The fourth-order valence-electron chi connectivity index (χ4n) is 2.93. The number of carbonyl (C=O) groups is 1. The third kappa shape index (κ3) is 3.72. The molecule has 0 aliphatic carbocycles. The number of ether oxygens (including phenoxy) is 1. The number of hydrogen-bond acceptors (Lipinski definition) is 5. The predicted octanol–water partition coefficient (Wildman–Crippen LogP) is 2.27. The molecular weight excluding hydrogens is 388 g/mol. The van der Waals surface area contributed by atoms with E-state index < -0.39 is 0 Å².